The third kappa shape index (κ3) is 2.89. The number of nitrogen functional groups attached to an aromatic ring is 1. The van der Waals surface area contributed by atoms with Gasteiger partial charge in [-0.25, -0.2) is 4.98 Å². The first kappa shape index (κ1) is 14.0. The summed E-state index contributed by atoms with van der Waals surface area (Å²) in [5.41, 5.74) is 7.00. The number of aryl methyl sites for hydroxylation is 1. The maximum absolute atomic E-state index is 5.92. The van der Waals surface area contributed by atoms with Crippen molar-refractivity contribution in [3.05, 3.63) is 16.0 Å². The van der Waals surface area contributed by atoms with E-state index in [0.717, 1.165) is 60.4 Å². The molecule has 6 nitrogen and oxygen atoms in total. The van der Waals surface area contributed by atoms with E-state index in [2.05, 4.69) is 37.6 Å². The largest absolute Gasteiger partial charge is 0.383 e. The maximum Gasteiger partial charge on any atom is 0.135 e. The minimum atomic E-state index is 0.561. The molecule has 3 rings (SSSR count). The predicted octanol–water partition coefficient (Wildman–Crippen LogP) is 1.34. The van der Waals surface area contributed by atoms with Crippen molar-refractivity contribution in [1.29, 1.82) is 0 Å². The van der Waals surface area contributed by atoms with Gasteiger partial charge < -0.3 is 10.5 Å². The number of pyridine rings is 1. The summed E-state index contributed by atoms with van der Waals surface area (Å²) in [5.74, 6) is 0.561. The Morgan fingerprint density at radius 1 is 1.30 bits per heavy atom. The Morgan fingerprint density at radius 2 is 2.10 bits per heavy atom. The maximum atomic E-state index is 5.92. The van der Waals surface area contributed by atoms with Crippen LogP contribution in [0, 0.1) is 3.70 Å². The van der Waals surface area contributed by atoms with Crippen LogP contribution in [0.25, 0.3) is 10.9 Å². The number of anilines is 1. The first-order chi connectivity index (χ1) is 9.75. The highest BCUT2D eigenvalue weighted by Crippen LogP contribution is 2.24. The fourth-order valence-corrected chi connectivity index (χ4v) is 3.36. The topological polar surface area (TPSA) is 69.2 Å². The molecule has 0 amide bonds. The molecule has 20 heavy (non-hydrogen) atoms. The number of nitrogens with zero attached hydrogens (tertiary/aromatic N) is 4. The number of ether oxygens (including phenoxy) is 1. The van der Waals surface area contributed by atoms with Crippen LogP contribution in [-0.2, 0) is 11.3 Å². The molecule has 2 N–H and O–H groups in total. The van der Waals surface area contributed by atoms with E-state index in [1.54, 1.807) is 6.20 Å². The SMILES string of the molecule is Nc1nccc2c1c(I)nn2CCCN1CCOCC1. The summed E-state index contributed by atoms with van der Waals surface area (Å²) < 4.78 is 8.32. The minimum Gasteiger partial charge on any atom is -0.383 e. The summed E-state index contributed by atoms with van der Waals surface area (Å²) in [4.78, 5) is 6.57. The standard InChI is InChI=1S/C13H18IN5O/c14-12-11-10(2-3-16-13(11)15)19(17-12)5-1-4-18-6-8-20-9-7-18/h2-3H,1,4-9H2,(H2,15,16). The molecule has 0 aliphatic carbocycles. The van der Waals surface area contributed by atoms with Crippen molar-refractivity contribution in [2.75, 3.05) is 38.6 Å². The number of rotatable bonds is 4. The van der Waals surface area contributed by atoms with Crippen LogP contribution >= 0.6 is 22.6 Å². The molecule has 1 aliphatic heterocycles. The van der Waals surface area contributed by atoms with Gasteiger partial charge >= 0.3 is 0 Å². The van der Waals surface area contributed by atoms with Crippen LogP contribution in [0.3, 0.4) is 0 Å². The summed E-state index contributed by atoms with van der Waals surface area (Å²) in [7, 11) is 0. The Bertz CT molecular complexity index is 594. The van der Waals surface area contributed by atoms with E-state index in [0.29, 0.717) is 5.82 Å². The highest BCUT2D eigenvalue weighted by molar-refractivity contribution is 14.1. The molecule has 3 heterocycles. The smallest absolute Gasteiger partial charge is 0.135 e. The third-order valence-electron chi connectivity index (χ3n) is 3.60. The van der Waals surface area contributed by atoms with Gasteiger partial charge in [0.05, 0.1) is 24.1 Å². The van der Waals surface area contributed by atoms with Gasteiger partial charge in [0.1, 0.15) is 9.52 Å². The molecule has 7 heteroatoms. The van der Waals surface area contributed by atoms with Gasteiger partial charge in [0.15, 0.2) is 0 Å². The average Bonchev–Trinajstić information content (AvgIpc) is 2.78. The van der Waals surface area contributed by atoms with Crippen molar-refractivity contribution in [1.82, 2.24) is 19.7 Å². The van der Waals surface area contributed by atoms with Crippen LogP contribution in [0.15, 0.2) is 12.3 Å². The van der Waals surface area contributed by atoms with Gasteiger partial charge in [-0.2, -0.15) is 5.10 Å². The zero-order chi connectivity index (χ0) is 13.9. The Morgan fingerprint density at radius 3 is 2.90 bits per heavy atom. The molecule has 2 aromatic rings. The van der Waals surface area contributed by atoms with Crippen molar-refractivity contribution < 1.29 is 4.74 Å². The highest BCUT2D eigenvalue weighted by atomic mass is 127. The first-order valence-corrected chi connectivity index (χ1v) is 7.90. The van der Waals surface area contributed by atoms with Crippen molar-refractivity contribution in [2.24, 2.45) is 0 Å². The molecule has 1 fully saturated rings. The number of morpholine rings is 1. The molecule has 0 saturated carbocycles. The lowest BCUT2D eigenvalue weighted by atomic mass is 10.3. The van der Waals surface area contributed by atoms with Crippen LogP contribution in [-0.4, -0.2) is 52.5 Å². The molecule has 0 unspecified atom stereocenters. The van der Waals surface area contributed by atoms with Crippen molar-refractivity contribution in [2.45, 2.75) is 13.0 Å². The lowest BCUT2D eigenvalue weighted by Gasteiger charge is -2.26. The molecule has 108 valence electrons. The molecule has 2 aromatic heterocycles. The molecule has 0 radical (unpaired) electrons. The van der Waals surface area contributed by atoms with Gasteiger partial charge in [-0.05, 0) is 35.1 Å². The summed E-state index contributed by atoms with van der Waals surface area (Å²) in [6.45, 7) is 5.76. The van der Waals surface area contributed by atoms with E-state index in [1.165, 1.54) is 0 Å². The summed E-state index contributed by atoms with van der Waals surface area (Å²) >= 11 is 2.22. The van der Waals surface area contributed by atoms with E-state index in [1.807, 2.05) is 10.7 Å². The van der Waals surface area contributed by atoms with E-state index >= 15 is 0 Å². The first-order valence-electron chi connectivity index (χ1n) is 6.82. The van der Waals surface area contributed by atoms with E-state index < -0.39 is 0 Å². The molecular formula is C13H18IN5O. The zero-order valence-corrected chi connectivity index (χ0v) is 13.4. The quantitative estimate of drug-likeness (QED) is 0.803. The van der Waals surface area contributed by atoms with Gasteiger partial charge in [0, 0.05) is 32.4 Å². The van der Waals surface area contributed by atoms with Gasteiger partial charge in [0.25, 0.3) is 0 Å². The van der Waals surface area contributed by atoms with Crippen LogP contribution in [0.1, 0.15) is 6.42 Å². The fraction of sp³-hybridized carbons (Fsp3) is 0.538. The van der Waals surface area contributed by atoms with Gasteiger partial charge in [-0.15, -0.1) is 0 Å². The van der Waals surface area contributed by atoms with Crippen molar-refractivity contribution >= 4 is 39.3 Å². The monoisotopic (exact) mass is 387 g/mol. The Kier molecular flexibility index (Phi) is 4.37. The lowest BCUT2D eigenvalue weighted by molar-refractivity contribution is 0.0368. The van der Waals surface area contributed by atoms with E-state index in [-0.39, 0.29) is 0 Å². The number of halogens is 1. The lowest BCUT2D eigenvalue weighted by Crippen LogP contribution is -2.37. The zero-order valence-electron chi connectivity index (χ0n) is 11.3. The average molecular weight is 387 g/mol. The second kappa shape index (κ2) is 6.23. The Balaban J connectivity index is 1.67. The van der Waals surface area contributed by atoms with Crippen LogP contribution in [0.2, 0.25) is 0 Å². The van der Waals surface area contributed by atoms with E-state index in [9.17, 15) is 0 Å². The Labute approximate surface area is 131 Å². The van der Waals surface area contributed by atoms with Crippen LogP contribution in [0.4, 0.5) is 5.82 Å². The molecular weight excluding hydrogens is 369 g/mol. The summed E-state index contributed by atoms with van der Waals surface area (Å²) in [6, 6.07) is 1.98. The van der Waals surface area contributed by atoms with E-state index in [4.69, 9.17) is 10.5 Å². The molecule has 0 spiro atoms. The van der Waals surface area contributed by atoms with Gasteiger partial charge in [-0.3, -0.25) is 9.58 Å². The summed E-state index contributed by atoms with van der Waals surface area (Å²) in [5, 5.41) is 5.55. The normalized spacial score (nSPS) is 16.9. The van der Waals surface area contributed by atoms with Crippen molar-refractivity contribution in [3.8, 4) is 0 Å². The highest BCUT2D eigenvalue weighted by Gasteiger charge is 2.13. The third-order valence-corrected chi connectivity index (χ3v) is 4.35. The van der Waals surface area contributed by atoms with Crippen LogP contribution < -0.4 is 5.73 Å². The second-order valence-corrected chi connectivity index (χ2v) is 5.93. The number of hydrogen-bond acceptors (Lipinski definition) is 5. The summed E-state index contributed by atoms with van der Waals surface area (Å²) in [6.07, 6.45) is 2.82. The van der Waals surface area contributed by atoms with Gasteiger partial charge in [-0.1, -0.05) is 0 Å². The Hall–Kier alpha value is -0.930. The van der Waals surface area contributed by atoms with Crippen LogP contribution in [0.5, 0.6) is 0 Å². The predicted molar refractivity (Wildman–Crippen MR) is 86.5 cm³/mol. The van der Waals surface area contributed by atoms with Crippen molar-refractivity contribution in [3.63, 3.8) is 0 Å². The molecule has 1 aliphatic rings. The minimum absolute atomic E-state index is 0.561. The number of fused-ring (bicyclic) bond motifs is 1. The number of hydrogen-bond donors (Lipinski definition) is 1. The molecule has 0 aromatic carbocycles. The fourth-order valence-electron chi connectivity index (χ4n) is 2.54. The molecule has 0 atom stereocenters. The second-order valence-electron chi connectivity index (χ2n) is 4.91. The van der Waals surface area contributed by atoms with Gasteiger partial charge in [0.2, 0.25) is 0 Å². The number of nitrogens with two attached hydrogens (primary N) is 1. The molecule has 1 saturated heterocycles. The number of aromatic nitrogens is 3. The molecule has 0 bridgehead atoms.